The second kappa shape index (κ2) is 5.30. The SMILES string of the molecule is CC(C)(C)[Si](C)(C)OCC1C2CCC(O2)C1CC=O. The van der Waals surface area contributed by atoms with E-state index in [0.29, 0.717) is 30.5 Å². The molecule has 2 aliphatic heterocycles. The predicted molar refractivity (Wildman–Crippen MR) is 78.7 cm³/mol. The van der Waals surface area contributed by atoms with Crippen LogP contribution < -0.4 is 0 Å². The minimum absolute atomic E-state index is 0.242. The van der Waals surface area contributed by atoms with E-state index in [1.54, 1.807) is 0 Å². The van der Waals surface area contributed by atoms with Crippen molar-refractivity contribution in [2.45, 2.75) is 70.4 Å². The molecule has 4 unspecified atom stereocenters. The Morgan fingerprint density at radius 1 is 1.21 bits per heavy atom. The van der Waals surface area contributed by atoms with Crippen LogP contribution in [-0.2, 0) is 14.0 Å². The molecule has 2 fully saturated rings. The first-order valence-electron chi connectivity index (χ1n) is 7.49. The third-order valence-electron chi connectivity index (χ3n) is 5.40. The lowest BCUT2D eigenvalue weighted by atomic mass is 9.78. The normalized spacial score (nSPS) is 34.8. The topological polar surface area (TPSA) is 35.5 Å². The Bertz CT molecular complexity index is 335. The molecular weight excluding hydrogens is 256 g/mol. The fourth-order valence-corrected chi connectivity index (χ4v) is 4.10. The molecule has 0 radical (unpaired) electrons. The smallest absolute Gasteiger partial charge is 0.191 e. The summed E-state index contributed by atoms with van der Waals surface area (Å²) in [6, 6.07) is 0. The molecule has 0 saturated carbocycles. The number of hydrogen-bond acceptors (Lipinski definition) is 3. The molecule has 0 aromatic carbocycles. The van der Waals surface area contributed by atoms with Gasteiger partial charge in [-0.1, -0.05) is 20.8 Å². The van der Waals surface area contributed by atoms with Crippen LogP contribution in [0.3, 0.4) is 0 Å². The van der Waals surface area contributed by atoms with Gasteiger partial charge in [0.2, 0.25) is 0 Å². The van der Waals surface area contributed by atoms with Crippen LogP contribution in [0.25, 0.3) is 0 Å². The Hall–Kier alpha value is -0.193. The van der Waals surface area contributed by atoms with Crippen LogP contribution in [0.2, 0.25) is 18.1 Å². The van der Waals surface area contributed by atoms with E-state index in [-0.39, 0.29) is 5.04 Å². The summed E-state index contributed by atoms with van der Waals surface area (Å²) in [5, 5.41) is 0.242. The zero-order chi connectivity index (χ0) is 14.3. The van der Waals surface area contributed by atoms with E-state index in [0.717, 1.165) is 25.7 Å². The molecule has 3 nitrogen and oxygen atoms in total. The highest BCUT2D eigenvalue weighted by Gasteiger charge is 2.49. The fraction of sp³-hybridized carbons (Fsp3) is 0.933. The van der Waals surface area contributed by atoms with Gasteiger partial charge in [0, 0.05) is 18.9 Å². The van der Waals surface area contributed by atoms with E-state index in [1.807, 2.05) is 0 Å². The van der Waals surface area contributed by atoms with Gasteiger partial charge in [-0.15, -0.1) is 0 Å². The lowest BCUT2D eigenvalue weighted by Crippen LogP contribution is -2.44. The highest BCUT2D eigenvalue weighted by molar-refractivity contribution is 6.74. The lowest BCUT2D eigenvalue weighted by molar-refractivity contribution is -0.109. The van der Waals surface area contributed by atoms with E-state index in [1.165, 1.54) is 0 Å². The van der Waals surface area contributed by atoms with Gasteiger partial charge in [0.1, 0.15) is 6.29 Å². The third kappa shape index (κ3) is 2.95. The van der Waals surface area contributed by atoms with Crippen LogP contribution in [0.4, 0.5) is 0 Å². The van der Waals surface area contributed by atoms with Crippen molar-refractivity contribution < 1.29 is 14.0 Å². The summed E-state index contributed by atoms with van der Waals surface area (Å²) in [4.78, 5) is 10.9. The van der Waals surface area contributed by atoms with Crippen LogP contribution in [0, 0.1) is 11.8 Å². The lowest BCUT2D eigenvalue weighted by Gasteiger charge is -2.38. The van der Waals surface area contributed by atoms with Crippen molar-refractivity contribution in [3.63, 3.8) is 0 Å². The first-order valence-corrected chi connectivity index (χ1v) is 10.4. The van der Waals surface area contributed by atoms with Gasteiger partial charge in [0.15, 0.2) is 8.32 Å². The summed E-state index contributed by atoms with van der Waals surface area (Å²) in [5.74, 6) is 0.819. The Balaban J connectivity index is 1.97. The summed E-state index contributed by atoms with van der Waals surface area (Å²) < 4.78 is 12.3. The van der Waals surface area contributed by atoms with Crippen molar-refractivity contribution in [2.75, 3.05) is 6.61 Å². The molecule has 4 atom stereocenters. The van der Waals surface area contributed by atoms with Crippen molar-refractivity contribution >= 4 is 14.6 Å². The van der Waals surface area contributed by atoms with Gasteiger partial charge in [0.05, 0.1) is 12.2 Å². The van der Waals surface area contributed by atoms with Gasteiger partial charge in [-0.25, -0.2) is 0 Å². The van der Waals surface area contributed by atoms with Gasteiger partial charge in [0.25, 0.3) is 0 Å². The first kappa shape index (κ1) is 15.2. The summed E-state index contributed by atoms with van der Waals surface area (Å²) in [5.41, 5.74) is 0. The number of carbonyl (C=O) groups is 1. The molecule has 0 N–H and O–H groups in total. The molecule has 2 saturated heterocycles. The largest absolute Gasteiger partial charge is 0.416 e. The van der Waals surface area contributed by atoms with Crippen LogP contribution in [0.15, 0.2) is 0 Å². The zero-order valence-corrected chi connectivity index (χ0v) is 13.9. The molecule has 0 aromatic heterocycles. The molecule has 0 aliphatic carbocycles. The molecule has 2 bridgehead atoms. The Labute approximate surface area is 118 Å². The maximum atomic E-state index is 10.9. The summed E-state index contributed by atoms with van der Waals surface area (Å²) in [6.07, 6.45) is 4.59. The molecule has 0 amide bonds. The second-order valence-corrected chi connectivity index (χ2v) is 12.4. The van der Waals surface area contributed by atoms with Crippen molar-refractivity contribution in [3.8, 4) is 0 Å². The molecular formula is C15H28O3Si. The quantitative estimate of drug-likeness (QED) is 0.573. The van der Waals surface area contributed by atoms with E-state index in [2.05, 4.69) is 33.9 Å². The predicted octanol–water partition coefficient (Wildman–Crippen LogP) is 3.39. The second-order valence-electron chi connectivity index (χ2n) is 7.59. The summed E-state index contributed by atoms with van der Waals surface area (Å²) in [7, 11) is -1.70. The van der Waals surface area contributed by atoms with Crippen LogP contribution in [0.5, 0.6) is 0 Å². The maximum absolute atomic E-state index is 10.9. The van der Waals surface area contributed by atoms with Gasteiger partial charge in [-0.3, -0.25) is 0 Å². The summed E-state index contributed by atoms with van der Waals surface area (Å²) in [6.45, 7) is 12.1. The maximum Gasteiger partial charge on any atom is 0.191 e. The van der Waals surface area contributed by atoms with Crippen molar-refractivity contribution in [1.29, 1.82) is 0 Å². The standard InChI is InChI=1S/C15H28O3Si/c1-15(2,3)19(4,5)17-10-12-11(8-9-16)13-6-7-14(12)18-13/h9,11-14H,6-8,10H2,1-5H3. The number of rotatable bonds is 5. The molecule has 0 aromatic rings. The Morgan fingerprint density at radius 3 is 2.32 bits per heavy atom. The molecule has 0 spiro atoms. The molecule has 2 rings (SSSR count). The molecule has 110 valence electrons. The van der Waals surface area contributed by atoms with E-state index in [4.69, 9.17) is 9.16 Å². The van der Waals surface area contributed by atoms with Crippen LogP contribution >= 0.6 is 0 Å². The van der Waals surface area contributed by atoms with Crippen molar-refractivity contribution in [1.82, 2.24) is 0 Å². The highest BCUT2D eigenvalue weighted by Crippen LogP contribution is 2.46. The average molecular weight is 284 g/mol. The van der Waals surface area contributed by atoms with Gasteiger partial charge < -0.3 is 14.0 Å². The number of hydrogen-bond donors (Lipinski definition) is 0. The van der Waals surface area contributed by atoms with E-state index >= 15 is 0 Å². The average Bonchev–Trinajstić information content (AvgIpc) is 2.86. The number of aldehydes is 1. The molecule has 2 heterocycles. The van der Waals surface area contributed by atoms with E-state index < -0.39 is 8.32 Å². The fourth-order valence-electron chi connectivity index (χ4n) is 3.06. The van der Waals surface area contributed by atoms with Crippen LogP contribution in [-0.4, -0.2) is 33.4 Å². The monoisotopic (exact) mass is 284 g/mol. The molecule has 2 aliphatic rings. The highest BCUT2D eigenvalue weighted by atomic mass is 28.4. The van der Waals surface area contributed by atoms with Gasteiger partial charge in [-0.2, -0.15) is 0 Å². The Kier molecular flexibility index (Phi) is 4.24. The van der Waals surface area contributed by atoms with Crippen LogP contribution in [0.1, 0.15) is 40.0 Å². The number of fused-ring (bicyclic) bond motifs is 2. The van der Waals surface area contributed by atoms with Gasteiger partial charge in [-0.05, 0) is 36.9 Å². The molecule has 19 heavy (non-hydrogen) atoms. The number of carbonyl (C=O) groups excluding carboxylic acids is 1. The van der Waals surface area contributed by atoms with Crippen molar-refractivity contribution in [2.24, 2.45) is 11.8 Å². The summed E-state index contributed by atoms with van der Waals surface area (Å²) >= 11 is 0. The van der Waals surface area contributed by atoms with Crippen molar-refractivity contribution in [3.05, 3.63) is 0 Å². The Morgan fingerprint density at radius 2 is 1.79 bits per heavy atom. The third-order valence-corrected chi connectivity index (χ3v) is 9.90. The number of ether oxygens (including phenoxy) is 1. The van der Waals surface area contributed by atoms with Gasteiger partial charge >= 0.3 is 0 Å². The minimum atomic E-state index is -1.70. The first-order chi connectivity index (χ1) is 8.76. The molecule has 4 heteroatoms. The minimum Gasteiger partial charge on any atom is -0.416 e. The van der Waals surface area contributed by atoms with E-state index in [9.17, 15) is 4.79 Å². The zero-order valence-electron chi connectivity index (χ0n) is 12.9.